The minimum absolute atomic E-state index is 0. The maximum Gasteiger partial charge on any atom is 3.00 e. The van der Waals surface area contributed by atoms with E-state index >= 15 is 0 Å². The number of phenols is 2. The summed E-state index contributed by atoms with van der Waals surface area (Å²) in [5.74, 6) is 0.697. The third-order valence-corrected chi connectivity index (χ3v) is 14.5. The molecule has 5 heteroatoms. The first-order chi connectivity index (χ1) is 33.4. The van der Waals surface area contributed by atoms with Gasteiger partial charge in [0.1, 0.15) is 11.5 Å². The molecule has 4 nitrogen and oxygen atoms in total. The number of benzene rings is 8. The number of nitrogens with zero attached hydrogens (tertiary/aromatic N) is 2. The predicted octanol–water partition coefficient (Wildman–Crippen LogP) is 14.9. The van der Waals surface area contributed by atoms with Gasteiger partial charge in [0.05, 0.1) is 0 Å². The van der Waals surface area contributed by atoms with Crippen LogP contribution >= 0.6 is 0 Å². The van der Waals surface area contributed by atoms with E-state index in [1.54, 1.807) is 0 Å². The minimum atomic E-state index is -0.522. The second-order valence-corrected chi connectivity index (χ2v) is 20.6. The summed E-state index contributed by atoms with van der Waals surface area (Å²) in [6.45, 7) is 27.6. The van der Waals surface area contributed by atoms with Crippen LogP contribution in [0.5, 0.6) is 11.5 Å². The van der Waals surface area contributed by atoms with Crippen LogP contribution in [0, 0.1) is 55.4 Å². The van der Waals surface area contributed by atoms with Gasteiger partial charge >= 0.3 is 21.7 Å². The van der Waals surface area contributed by atoms with Crippen LogP contribution < -0.4 is 0 Å². The van der Waals surface area contributed by atoms with E-state index in [2.05, 4.69) is 190 Å². The van der Waals surface area contributed by atoms with Crippen molar-refractivity contribution in [1.29, 1.82) is 0 Å². The summed E-state index contributed by atoms with van der Waals surface area (Å²) in [4.78, 5) is 4.59. The van der Waals surface area contributed by atoms with Gasteiger partial charge in [-0.3, -0.25) is 4.90 Å². The Labute approximate surface area is 440 Å². The smallest absolute Gasteiger partial charge is 0.507 e. The van der Waals surface area contributed by atoms with Crippen LogP contribution in [-0.2, 0) is 45.6 Å². The Kier molecular flexibility index (Phi) is 16.0. The van der Waals surface area contributed by atoms with Gasteiger partial charge in [0, 0.05) is 59.3 Å². The maximum absolute atomic E-state index is 12.5. The van der Waals surface area contributed by atoms with E-state index in [4.69, 9.17) is 0 Å². The number of hydrogen-bond acceptors (Lipinski definition) is 4. The minimum Gasteiger partial charge on any atom is -0.507 e. The first kappa shape index (κ1) is 52.6. The summed E-state index contributed by atoms with van der Waals surface area (Å²) in [6, 6.07) is 55.4. The molecule has 0 fully saturated rings. The first-order valence-corrected chi connectivity index (χ1v) is 24.6. The van der Waals surface area contributed by atoms with Gasteiger partial charge in [-0.25, -0.2) is 0 Å². The van der Waals surface area contributed by atoms with Gasteiger partial charge in [0.2, 0.25) is 0 Å². The fraction of sp³-hybridized carbons (Fsp3) is 0.242. The van der Waals surface area contributed by atoms with Crippen LogP contribution in [0.25, 0.3) is 22.3 Å². The van der Waals surface area contributed by atoms with E-state index in [1.165, 1.54) is 66.8 Å². The molecule has 0 amide bonds. The van der Waals surface area contributed by atoms with Crippen LogP contribution in [0.15, 0.2) is 158 Å². The van der Waals surface area contributed by atoms with Crippen molar-refractivity contribution in [2.45, 2.75) is 79.3 Å². The van der Waals surface area contributed by atoms with Gasteiger partial charge < -0.3 is 15.1 Å². The Balaban J connectivity index is 0.000000425. The van der Waals surface area contributed by atoms with E-state index in [0.717, 1.165) is 57.6 Å². The second-order valence-electron chi connectivity index (χ2n) is 20.6. The molecule has 1 radical (unpaired) electrons. The van der Waals surface area contributed by atoms with Crippen molar-refractivity contribution >= 4 is 0 Å². The quantitative estimate of drug-likeness (QED) is 0.112. The number of aryl methyl sites for hydroxylation is 6. The van der Waals surface area contributed by atoms with Crippen molar-refractivity contribution in [1.82, 2.24) is 9.80 Å². The zero-order valence-corrected chi connectivity index (χ0v) is 45.1. The molecule has 2 aliphatic carbocycles. The molecule has 8 aromatic rings. The third kappa shape index (κ3) is 10.7. The van der Waals surface area contributed by atoms with Gasteiger partial charge in [0.15, 0.2) is 0 Å². The fourth-order valence-corrected chi connectivity index (χ4v) is 10.8. The van der Waals surface area contributed by atoms with E-state index in [-0.39, 0.29) is 21.7 Å². The Morgan fingerprint density at radius 1 is 0.394 bits per heavy atom. The molecule has 2 aliphatic rings. The van der Waals surface area contributed by atoms with Crippen LogP contribution in [0.2, 0.25) is 0 Å². The molecule has 10 rings (SSSR count). The Morgan fingerprint density at radius 2 is 0.690 bits per heavy atom. The molecule has 8 aromatic carbocycles. The van der Waals surface area contributed by atoms with Crippen molar-refractivity contribution in [3.63, 3.8) is 0 Å². The number of aromatic hydroxyl groups is 2. The van der Waals surface area contributed by atoms with Crippen LogP contribution in [0.1, 0.15) is 103 Å². The average Bonchev–Trinajstić information content (AvgIpc) is 3.71. The van der Waals surface area contributed by atoms with E-state index < -0.39 is 10.8 Å². The van der Waals surface area contributed by atoms with Crippen molar-refractivity contribution < 1.29 is 31.9 Å². The summed E-state index contributed by atoms with van der Waals surface area (Å²) in [6.07, 6.45) is 0. The molecule has 0 atom stereocenters. The van der Waals surface area contributed by atoms with E-state index in [0.29, 0.717) is 24.6 Å². The SMILES string of the molecule is Cc1ccc2c(c1)C(C)(c1cc(C)cc(CN(CCN(C)C)Cc3cc(C)cc(C4(C)c5cc(C)ccc5-c5ccc(C)cc54)c3O)c1O)c1cc(C)ccc1-2.[CH2-]c1ccccc1.[CH2-]c1ccccc1.[Ti+3]. The second kappa shape index (κ2) is 21.6. The monoisotopic (exact) mass is 970 g/mol. The molecule has 0 unspecified atom stereocenters. The van der Waals surface area contributed by atoms with Gasteiger partial charge in [-0.2, -0.15) is 49.2 Å². The largest absolute Gasteiger partial charge is 3.00 e. The summed E-state index contributed by atoms with van der Waals surface area (Å²) in [5, 5.41) is 25.0. The zero-order chi connectivity index (χ0) is 50.1. The molecule has 71 heavy (non-hydrogen) atoms. The van der Waals surface area contributed by atoms with Gasteiger partial charge in [-0.05, 0) is 114 Å². The van der Waals surface area contributed by atoms with Crippen LogP contribution in [0.4, 0.5) is 0 Å². The number of likely N-dealkylation sites (N-methyl/N-ethyl adjacent to an activating group) is 1. The van der Waals surface area contributed by atoms with Crippen LogP contribution in [-0.4, -0.2) is 47.2 Å². The number of fused-ring (bicyclic) bond motifs is 6. The van der Waals surface area contributed by atoms with E-state index in [9.17, 15) is 10.2 Å². The molecule has 0 spiro atoms. The summed E-state index contributed by atoms with van der Waals surface area (Å²) >= 11 is 0. The molecule has 0 heterocycles. The normalized spacial score (nSPS) is 13.2. The summed E-state index contributed by atoms with van der Waals surface area (Å²) < 4.78 is 0. The zero-order valence-electron chi connectivity index (χ0n) is 43.5. The molecule has 2 N–H and O–H groups in total. The van der Waals surface area contributed by atoms with Gasteiger partial charge in [0.25, 0.3) is 0 Å². The van der Waals surface area contributed by atoms with Crippen LogP contribution in [0.3, 0.4) is 0 Å². The number of rotatable bonds is 9. The topological polar surface area (TPSA) is 46.9 Å². The molecule has 0 saturated heterocycles. The molecular weight excluding hydrogens is 901 g/mol. The summed E-state index contributed by atoms with van der Waals surface area (Å²) in [5.41, 5.74) is 21.8. The predicted molar refractivity (Wildman–Crippen MR) is 294 cm³/mol. The Bertz CT molecular complexity index is 2860. The molecule has 359 valence electrons. The first-order valence-electron chi connectivity index (χ1n) is 24.6. The van der Waals surface area contributed by atoms with Crippen molar-refractivity contribution in [2.24, 2.45) is 0 Å². The van der Waals surface area contributed by atoms with Crippen molar-refractivity contribution in [2.75, 3.05) is 27.2 Å². The summed E-state index contributed by atoms with van der Waals surface area (Å²) in [7, 11) is 4.20. The van der Waals surface area contributed by atoms with Gasteiger partial charge in [-0.15, -0.1) is 24.3 Å². The van der Waals surface area contributed by atoms with Crippen molar-refractivity contribution in [3.8, 4) is 33.8 Å². The van der Waals surface area contributed by atoms with E-state index in [1.807, 2.05) is 60.7 Å². The van der Waals surface area contributed by atoms with Gasteiger partial charge in [-0.1, -0.05) is 143 Å². The third-order valence-electron chi connectivity index (χ3n) is 14.5. The maximum atomic E-state index is 12.5. The average molecular weight is 971 g/mol. The Hall–Kier alpha value is -6.27. The molecule has 0 aromatic heterocycles. The molecule has 0 saturated carbocycles. The Morgan fingerprint density at radius 3 is 0.958 bits per heavy atom. The number of phenolic OH excluding ortho intramolecular Hbond substituents is 2. The fourth-order valence-electron chi connectivity index (χ4n) is 10.8. The molecule has 0 bridgehead atoms. The number of hydrogen-bond donors (Lipinski definition) is 2. The standard InChI is InChI=1S/C52H56N2O2.2C7H7.Ti/c1-31-11-15-39-40-16-12-32(2)24-44(40)51(7,43(39)23-31)47-27-35(5)21-37(49(47)55)29-54(20-19-53(9)10)30-38-22-36(6)28-48(50(38)56)52(8)45-25-33(3)13-17-41(45)42-18-14-34(4)26-46(42)52;2*1-7-5-3-2-4-6-7;/h11-18,21-28,55-56H,19-20,29-30H2,1-10H3;2*2-6H,1H2;/q;2*-1;+3. The van der Waals surface area contributed by atoms with Crippen molar-refractivity contribution in [3.05, 3.63) is 261 Å². The molecular formula is C66H70N2O2Ti+. The molecule has 0 aliphatic heterocycles.